The number of thiazole rings is 1. The summed E-state index contributed by atoms with van der Waals surface area (Å²) in [6, 6.07) is 7.72. The number of benzene rings is 1. The number of aryl methyl sites for hydroxylation is 1. The summed E-state index contributed by atoms with van der Waals surface area (Å²) in [7, 11) is 0. The predicted molar refractivity (Wildman–Crippen MR) is 109 cm³/mol. The predicted octanol–water partition coefficient (Wildman–Crippen LogP) is 4.08. The molecule has 0 radical (unpaired) electrons. The van der Waals surface area contributed by atoms with Gasteiger partial charge in [-0.25, -0.2) is 4.98 Å². The highest BCUT2D eigenvalue weighted by Crippen LogP contribution is 2.27. The van der Waals surface area contributed by atoms with E-state index in [1.807, 2.05) is 36.6 Å². The second-order valence-corrected chi connectivity index (χ2v) is 7.48. The van der Waals surface area contributed by atoms with Crippen LogP contribution in [0.15, 0.2) is 29.6 Å². The van der Waals surface area contributed by atoms with Crippen molar-refractivity contribution < 1.29 is 4.79 Å². The normalized spacial score (nSPS) is 15.6. The van der Waals surface area contributed by atoms with Gasteiger partial charge in [-0.2, -0.15) is 0 Å². The second-order valence-electron chi connectivity index (χ2n) is 6.62. The van der Waals surface area contributed by atoms with Crippen LogP contribution in [0.5, 0.6) is 0 Å². The van der Waals surface area contributed by atoms with Crippen molar-refractivity contribution in [3.8, 4) is 10.6 Å². The monoisotopic (exact) mass is 401 g/mol. The van der Waals surface area contributed by atoms with Crippen LogP contribution >= 0.6 is 36.2 Å². The third-order valence-electron chi connectivity index (χ3n) is 4.48. The van der Waals surface area contributed by atoms with Gasteiger partial charge in [0.25, 0.3) is 5.91 Å². The lowest BCUT2D eigenvalue weighted by atomic mass is 9.81. The zero-order valence-corrected chi connectivity index (χ0v) is 17.0. The molecule has 1 aliphatic heterocycles. The summed E-state index contributed by atoms with van der Waals surface area (Å²) in [5.74, 6) is -0.000106. The second kappa shape index (κ2) is 9.53. The minimum absolute atomic E-state index is 0. The minimum Gasteiger partial charge on any atom is -0.351 e. The largest absolute Gasteiger partial charge is 0.351 e. The fraction of sp³-hybridized carbons (Fsp3) is 0.444. The molecule has 0 bridgehead atoms. The summed E-state index contributed by atoms with van der Waals surface area (Å²) in [6.07, 6.45) is 2.21. The zero-order chi connectivity index (χ0) is 16.3. The van der Waals surface area contributed by atoms with E-state index in [0.29, 0.717) is 5.56 Å². The van der Waals surface area contributed by atoms with E-state index in [4.69, 9.17) is 0 Å². The van der Waals surface area contributed by atoms with Crippen molar-refractivity contribution in [2.24, 2.45) is 5.41 Å². The molecule has 1 fully saturated rings. The molecule has 0 atom stereocenters. The first-order valence-corrected chi connectivity index (χ1v) is 8.95. The molecule has 138 valence electrons. The molecule has 2 heterocycles. The van der Waals surface area contributed by atoms with E-state index in [1.165, 1.54) is 0 Å². The fourth-order valence-electron chi connectivity index (χ4n) is 2.88. The van der Waals surface area contributed by atoms with E-state index < -0.39 is 0 Å². The summed E-state index contributed by atoms with van der Waals surface area (Å²) >= 11 is 1.61. The lowest BCUT2D eigenvalue weighted by Crippen LogP contribution is -2.42. The molecular formula is C18H25Cl2N3OS. The van der Waals surface area contributed by atoms with Crippen molar-refractivity contribution in [2.45, 2.75) is 26.7 Å². The average molecular weight is 402 g/mol. The molecule has 4 nitrogen and oxygen atoms in total. The standard InChI is InChI=1S/C18H23N3OS.2ClH/c1-13-11-23-17(21-13)15-5-3-4-14(10-15)16(22)20-12-18(2)6-8-19-9-7-18;;/h3-5,10-11,19H,6-9,12H2,1-2H3,(H,20,22);2*1H. The van der Waals surface area contributed by atoms with E-state index in [1.54, 1.807) is 11.3 Å². The van der Waals surface area contributed by atoms with Crippen molar-refractivity contribution in [1.82, 2.24) is 15.6 Å². The van der Waals surface area contributed by atoms with E-state index in [0.717, 1.165) is 48.7 Å². The maximum absolute atomic E-state index is 12.5. The zero-order valence-electron chi connectivity index (χ0n) is 14.5. The molecule has 0 aliphatic carbocycles. The Hall–Kier alpha value is -1.14. The molecule has 0 unspecified atom stereocenters. The van der Waals surface area contributed by atoms with E-state index in [2.05, 4.69) is 22.5 Å². The van der Waals surface area contributed by atoms with Gasteiger partial charge in [-0.3, -0.25) is 4.79 Å². The van der Waals surface area contributed by atoms with Crippen molar-refractivity contribution in [2.75, 3.05) is 19.6 Å². The van der Waals surface area contributed by atoms with Gasteiger partial charge in [-0.1, -0.05) is 19.1 Å². The van der Waals surface area contributed by atoms with E-state index in [9.17, 15) is 4.79 Å². The van der Waals surface area contributed by atoms with Crippen LogP contribution in [0.4, 0.5) is 0 Å². The SMILES string of the molecule is Cc1csc(-c2cccc(C(=O)NCC3(C)CCNCC3)c2)n1.Cl.Cl. The molecule has 0 saturated carbocycles. The molecule has 1 aromatic carbocycles. The molecule has 2 N–H and O–H groups in total. The molecule has 7 heteroatoms. The van der Waals surface area contributed by atoms with Crippen LogP contribution in [-0.2, 0) is 0 Å². The number of aromatic nitrogens is 1. The number of halogens is 2. The molecule has 25 heavy (non-hydrogen) atoms. The van der Waals surface area contributed by atoms with Crippen LogP contribution in [0.1, 0.15) is 35.8 Å². The Kier molecular flexibility index (Phi) is 8.35. The quantitative estimate of drug-likeness (QED) is 0.810. The van der Waals surface area contributed by atoms with Crippen molar-refractivity contribution in [3.05, 3.63) is 40.9 Å². The maximum Gasteiger partial charge on any atom is 0.251 e. The summed E-state index contributed by atoms with van der Waals surface area (Å²) in [6.45, 7) is 7.03. The summed E-state index contributed by atoms with van der Waals surface area (Å²) < 4.78 is 0. The first-order chi connectivity index (χ1) is 11.1. The Labute approximate surface area is 165 Å². The molecule has 1 saturated heterocycles. The van der Waals surface area contributed by atoms with Gasteiger partial charge in [0, 0.05) is 28.7 Å². The third-order valence-corrected chi connectivity index (χ3v) is 5.49. The lowest BCUT2D eigenvalue weighted by molar-refractivity contribution is 0.0922. The molecule has 2 aromatic rings. The van der Waals surface area contributed by atoms with Crippen LogP contribution in [-0.4, -0.2) is 30.5 Å². The highest BCUT2D eigenvalue weighted by Gasteiger charge is 2.27. The Balaban J connectivity index is 0.00000156. The van der Waals surface area contributed by atoms with Gasteiger partial charge in [0.15, 0.2) is 0 Å². The Bertz CT molecular complexity index is 699. The fourth-order valence-corrected chi connectivity index (χ4v) is 3.68. The number of hydrogen-bond donors (Lipinski definition) is 2. The third kappa shape index (κ3) is 5.68. The molecule has 1 aromatic heterocycles. The Morgan fingerprint density at radius 1 is 1.32 bits per heavy atom. The number of nitrogens with one attached hydrogen (secondary N) is 2. The van der Waals surface area contributed by atoms with E-state index >= 15 is 0 Å². The molecule has 1 aliphatic rings. The topological polar surface area (TPSA) is 54.0 Å². The van der Waals surface area contributed by atoms with Gasteiger partial charge >= 0.3 is 0 Å². The van der Waals surface area contributed by atoms with Gasteiger partial charge in [0.05, 0.1) is 0 Å². The summed E-state index contributed by atoms with van der Waals surface area (Å²) in [5, 5.41) is 9.47. The van der Waals surface area contributed by atoms with Crippen molar-refractivity contribution in [1.29, 1.82) is 0 Å². The number of nitrogens with zero attached hydrogens (tertiary/aromatic N) is 1. The first-order valence-electron chi connectivity index (χ1n) is 8.07. The maximum atomic E-state index is 12.5. The number of hydrogen-bond acceptors (Lipinski definition) is 4. The van der Waals surface area contributed by atoms with E-state index in [-0.39, 0.29) is 36.1 Å². The number of carbonyl (C=O) groups is 1. The van der Waals surface area contributed by atoms with Crippen molar-refractivity contribution in [3.63, 3.8) is 0 Å². The van der Waals surface area contributed by atoms with Crippen molar-refractivity contribution >= 4 is 42.1 Å². The molecular weight excluding hydrogens is 377 g/mol. The summed E-state index contributed by atoms with van der Waals surface area (Å²) in [5.41, 5.74) is 2.92. The van der Waals surface area contributed by atoms with Crippen LogP contribution in [0.2, 0.25) is 0 Å². The summed E-state index contributed by atoms with van der Waals surface area (Å²) in [4.78, 5) is 17.0. The van der Waals surface area contributed by atoms with Gasteiger partial charge in [-0.15, -0.1) is 36.2 Å². The van der Waals surface area contributed by atoms with Crippen LogP contribution in [0.25, 0.3) is 10.6 Å². The molecule has 3 rings (SSSR count). The van der Waals surface area contributed by atoms with Crippen LogP contribution in [0.3, 0.4) is 0 Å². The average Bonchev–Trinajstić information content (AvgIpc) is 3.00. The molecule has 0 spiro atoms. The van der Waals surface area contributed by atoms with Crippen LogP contribution < -0.4 is 10.6 Å². The number of amides is 1. The number of rotatable bonds is 4. The number of piperidine rings is 1. The van der Waals surface area contributed by atoms with Crippen LogP contribution in [0, 0.1) is 12.3 Å². The van der Waals surface area contributed by atoms with Gasteiger partial charge < -0.3 is 10.6 Å². The molecule has 1 amide bonds. The highest BCUT2D eigenvalue weighted by molar-refractivity contribution is 7.13. The Morgan fingerprint density at radius 2 is 2.04 bits per heavy atom. The smallest absolute Gasteiger partial charge is 0.251 e. The highest BCUT2D eigenvalue weighted by atomic mass is 35.5. The lowest BCUT2D eigenvalue weighted by Gasteiger charge is -2.34. The first kappa shape index (κ1) is 21.9. The number of carbonyl (C=O) groups excluding carboxylic acids is 1. The van der Waals surface area contributed by atoms with Gasteiger partial charge in [0.2, 0.25) is 0 Å². The minimum atomic E-state index is -0.000106. The van der Waals surface area contributed by atoms with Gasteiger partial charge in [-0.05, 0) is 50.4 Å². The van der Waals surface area contributed by atoms with Gasteiger partial charge in [0.1, 0.15) is 5.01 Å². The Morgan fingerprint density at radius 3 is 2.68 bits per heavy atom.